The van der Waals surface area contributed by atoms with Crippen LogP contribution in [0, 0.1) is 0 Å². The number of benzene rings is 1. The van der Waals surface area contributed by atoms with Crippen LogP contribution in [-0.2, 0) is 9.53 Å². The van der Waals surface area contributed by atoms with Crippen LogP contribution < -0.4 is 4.90 Å². The van der Waals surface area contributed by atoms with E-state index in [4.69, 9.17) is 4.74 Å². The van der Waals surface area contributed by atoms with E-state index >= 15 is 0 Å². The van der Waals surface area contributed by atoms with Crippen molar-refractivity contribution in [3.63, 3.8) is 0 Å². The van der Waals surface area contributed by atoms with Gasteiger partial charge in [0.05, 0.1) is 19.1 Å². The molecule has 1 saturated carbocycles. The molecule has 4 heteroatoms. The summed E-state index contributed by atoms with van der Waals surface area (Å²) in [5.41, 5.74) is 0.993. The van der Waals surface area contributed by atoms with E-state index in [9.17, 15) is 4.79 Å². The molecule has 2 rings (SSSR count). The number of carbonyl (C=O) groups is 1. The van der Waals surface area contributed by atoms with Gasteiger partial charge in [-0.3, -0.25) is 9.69 Å². The fraction of sp³-hybridized carbons (Fsp3) is 0.571. The molecular weight excluding hydrogens is 312 g/mol. The van der Waals surface area contributed by atoms with Crippen molar-refractivity contribution in [2.45, 2.75) is 50.6 Å². The van der Waals surface area contributed by atoms with Gasteiger partial charge in [-0.2, -0.15) is 0 Å². The molecule has 4 nitrogen and oxygen atoms in total. The lowest BCUT2D eigenvalue weighted by Gasteiger charge is -2.40. The van der Waals surface area contributed by atoms with Gasteiger partial charge in [-0.25, -0.2) is 0 Å². The number of likely N-dealkylation sites (N-methyl/N-ethyl adjacent to an activating group) is 1. The Morgan fingerprint density at radius 1 is 1.20 bits per heavy atom. The molecule has 1 amide bonds. The number of carbonyl (C=O) groups excluding carboxylic acids is 1. The average Bonchev–Trinajstić information content (AvgIpc) is 2.87. The molecule has 0 aromatic heterocycles. The van der Waals surface area contributed by atoms with Crippen molar-refractivity contribution in [1.82, 2.24) is 4.90 Å². The first kappa shape index (κ1) is 19.7. The molecule has 2 atom stereocenters. The first-order chi connectivity index (χ1) is 12.2. The monoisotopic (exact) mass is 344 g/mol. The highest BCUT2D eigenvalue weighted by Crippen LogP contribution is 2.30. The minimum atomic E-state index is 0.150. The summed E-state index contributed by atoms with van der Waals surface area (Å²) in [4.78, 5) is 17.4. The number of ether oxygens (including phenoxy) is 1. The molecule has 2 unspecified atom stereocenters. The zero-order chi connectivity index (χ0) is 18.1. The van der Waals surface area contributed by atoms with Gasteiger partial charge < -0.3 is 9.64 Å². The lowest BCUT2D eigenvalue weighted by Crippen LogP contribution is -2.53. The second-order valence-electron chi connectivity index (χ2n) is 6.84. The Hall–Kier alpha value is -1.65. The number of rotatable bonds is 8. The molecule has 0 spiro atoms. The van der Waals surface area contributed by atoms with E-state index in [2.05, 4.69) is 18.5 Å². The van der Waals surface area contributed by atoms with Crippen molar-refractivity contribution in [1.29, 1.82) is 0 Å². The molecule has 0 N–H and O–H groups in total. The number of hydrogen-bond donors (Lipinski definition) is 0. The fourth-order valence-electron chi connectivity index (χ4n) is 3.84. The number of nitrogens with zero attached hydrogens (tertiary/aromatic N) is 2. The van der Waals surface area contributed by atoms with Crippen molar-refractivity contribution in [2.75, 3.05) is 32.2 Å². The molecule has 25 heavy (non-hydrogen) atoms. The van der Waals surface area contributed by atoms with Crippen LogP contribution in [0.5, 0.6) is 0 Å². The van der Waals surface area contributed by atoms with Crippen LogP contribution in [0.3, 0.4) is 0 Å². The predicted octanol–water partition coefficient (Wildman–Crippen LogP) is 3.88. The van der Waals surface area contributed by atoms with Gasteiger partial charge >= 0.3 is 0 Å². The number of anilines is 1. The molecule has 0 aliphatic heterocycles. The molecule has 0 saturated heterocycles. The Kier molecular flexibility index (Phi) is 8.16. The average molecular weight is 344 g/mol. The van der Waals surface area contributed by atoms with E-state index in [0.29, 0.717) is 19.1 Å². The molecule has 1 aromatic rings. The standard InChI is InChI=1S/C21H32N2O2/c1-4-16-22(2)19-13-9-6-10-14-20(19)23(21(24)15-17-25-3)18-11-7-5-8-12-18/h4-5,7-8,11-12,19-20H,1,6,9-10,13-17H2,2-3H3. The summed E-state index contributed by atoms with van der Waals surface area (Å²) in [5, 5.41) is 0. The highest BCUT2D eigenvalue weighted by molar-refractivity contribution is 5.94. The maximum absolute atomic E-state index is 13.0. The van der Waals surface area contributed by atoms with Crippen LogP contribution >= 0.6 is 0 Å². The molecule has 0 bridgehead atoms. The summed E-state index contributed by atoms with van der Waals surface area (Å²) in [6.07, 6.45) is 8.16. The quantitative estimate of drug-likeness (QED) is 0.530. The van der Waals surface area contributed by atoms with Gasteiger partial charge in [0.25, 0.3) is 0 Å². The Morgan fingerprint density at radius 3 is 2.52 bits per heavy atom. The fourth-order valence-corrected chi connectivity index (χ4v) is 3.84. The number of methoxy groups -OCH3 is 1. The van der Waals surface area contributed by atoms with Gasteiger partial charge in [-0.05, 0) is 32.0 Å². The maximum atomic E-state index is 13.0. The topological polar surface area (TPSA) is 32.8 Å². The zero-order valence-corrected chi connectivity index (χ0v) is 15.7. The molecule has 1 fully saturated rings. The lowest BCUT2D eigenvalue weighted by molar-refractivity contribution is -0.120. The van der Waals surface area contributed by atoms with Gasteiger partial charge in [-0.15, -0.1) is 6.58 Å². The summed E-state index contributed by atoms with van der Waals surface area (Å²) >= 11 is 0. The molecule has 0 radical (unpaired) electrons. The zero-order valence-electron chi connectivity index (χ0n) is 15.7. The number of amides is 1. The SMILES string of the molecule is C=CCN(C)C1CCCCCC1N(C(=O)CCOC)c1ccccc1. The highest BCUT2D eigenvalue weighted by Gasteiger charge is 2.34. The third-order valence-corrected chi connectivity index (χ3v) is 5.08. The van der Waals surface area contributed by atoms with Gasteiger partial charge in [0.15, 0.2) is 0 Å². The third kappa shape index (κ3) is 5.41. The Balaban J connectivity index is 2.33. The van der Waals surface area contributed by atoms with E-state index in [-0.39, 0.29) is 11.9 Å². The van der Waals surface area contributed by atoms with Crippen molar-refractivity contribution < 1.29 is 9.53 Å². The summed E-state index contributed by atoms with van der Waals surface area (Å²) in [6, 6.07) is 10.6. The number of para-hydroxylation sites is 1. The molecule has 1 aliphatic rings. The first-order valence-corrected chi connectivity index (χ1v) is 9.36. The maximum Gasteiger partial charge on any atom is 0.229 e. The molecular formula is C21H32N2O2. The first-order valence-electron chi connectivity index (χ1n) is 9.36. The second-order valence-corrected chi connectivity index (χ2v) is 6.84. The molecule has 0 heterocycles. The van der Waals surface area contributed by atoms with Crippen LogP contribution in [0.15, 0.2) is 43.0 Å². The Bertz CT molecular complexity index is 532. The van der Waals surface area contributed by atoms with Crippen LogP contribution in [-0.4, -0.2) is 50.2 Å². The van der Waals surface area contributed by atoms with E-state index in [1.54, 1.807) is 7.11 Å². The van der Waals surface area contributed by atoms with Crippen molar-refractivity contribution >= 4 is 11.6 Å². The van der Waals surface area contributed by atoms with Gasteiger partial charge in [-0.1, -0.05) is 43.5 Å². The van der Waals surface area contributed by atoms with Crippen molar-refractivity contribution in [2.24, 2.45) is 0 Å². The van der Waals surface area contributed by atoms with Gasteiger partial charge in [0.2, 0.25) is 5.91 Å². The van der Waals surface area contributed by atoms with Crippen molar-refractivity contribution in [3.8, 4) is 0 Å². The van der Waals surface area contributed by atoms with Crippen molar-refractivity contribution in [3.05, 3.63) is 43.0 Å². The van der Waals surface area contributed by atoms with Crippen LogP contribution in [0.2, 0.25) is 0 Å². The van der Waals surface area contributed by atoms with Crippen LogP contribution in [0.1, 0.15) is 38.5 Å². The Labute approximate surface area is 152 Å². The highest BCUT2D eigenvalue weighted by atomic mass is 16.5. The molecule has 138 valence electrons. The van der Waals surface area contributed by atoms with Gasteiger partial charge in [0.1, 0.15) is 0 Å². The molecule has 1 aliphatic carbocycles. The van der Waals surface area contributed by atoms with E-state index in [1.807, 2.05) is 41.3 Å². The number of hydrogen-bond acceptors (Lipinski definition) is 3. The smallest absolute Gasteiger partial charge is 0.229 e. The minimum absolute atomic E-state index is 0.150. The van der Waals surface area contributed by atoms with E-state index in [0.717, 1.165) is 25.1 Å². The predicted molar refractivity (Wildman–Crippen MR) is 104 cm³/mol. The van der Waals surface area contributed by atoms with Gasteiger partial charge in [0, 0.05) is 25.4 Å². The largest absolute Gasteiger partial charge is 0.384 e. The summed E-state index contributed by atoms with van der Waals surface area (Å²) in [6.45, 7) is 5.19. The summed E-state index contributed by atoms with van der Waals surface area (Å²) < 4.78 is 5.15. The normalized spacial score (nSPS) is 20.9. The van der Waals surface area contributed by atoms with Crippen LogP contribution in [0.25, 0.3) is 0 Å². The Morgan fingerprint density at radius 2 is 1.88 bits per heavy atom. The van der Waals surface area contributed by atoms with E-state index in [1.165, 1.54) is 19.3 Å². The summed E-state index contributed by atoms with van der Waals surface area (Å²) in [5.74, 6) is 0.150. The summed E-state index contributed by atoms with van der Waals surface area (Å²) in [7, 11) is 3.79. The minimum Gasteiger partial charge on any atom is -0.384 e. The molecule has 1 aromatic carbocycles. The second kappa shape index (κ2) is 10.4. The lowest BCUT2D eigenvalue weighted by atomic mass is 9.98. The third-order valence-electron chi connectivity index (χ3n) is 5.08. The van der Waals surface area contributed by atoms with E-state index < -0.39 is 0 Å². The van der Waals surface area contributed by atoms with Crippen LogP contribution in [0.4, 0.5) is 5.69 Å².